The van der Waals surface area contributed by atoms with Crippen molar-refractivity contribution in [2.75, 3.05) is 14.1 Å². The molecule has 0 heterocycles. The highest BCUT2D eigenvalue weighted by atomic mass is 35.5. The van der Waals surface area contributed by atoms with Crippen LogP contribution in [0.1, 0.15) is 61.0 Å². The number of aliphatic carboxylic acids is 1. The number of hydrogen-bond acceptors (Lipinski definition) is 4. The second-order valence-electron chi connectivity index (χ2n) is 11.1. The Hall–Kier alpha value is -2.38. The van der Waals surface area contributed by atoms with Crippen molar-refractivity contribution in [2.24, 2.45) is 11.3 Å². The van der Waals surface area contributed by atoms with Gasteiger partial charge in [0, 0.05) is 23.1 Å². The molecule has 0 aliphatic carbocycles. The van der Waals surface area contributed by atoms with Gasteiger partial charge in [0.15, 0.2) is 0 Å². The summed E-state index contributed by atoms with van der Waals surface area (Å²) in [5, 5.41) is 16.0. The van der Waals surface area contributed by atoms with Crippen LogP contribution in [-0.2, 0) is 19.8 Å². The van der Waals surface area contributed by atoms with Gasteiger partial charge in [-0.3, -0.25) is 9.59 Å². The van der Waals surface area contributed by atoms with Crippen molar-refractivity contribution >= 4 is 29.4 Å². The van der Waals surface area contributed by atoms with E-state index in [0.717, 1.165) is 5.56 Å². The topological polar surface area (TPSA) is 98.7 Å². The second-order valence-corrected chi connectivity index (χ2v) is 11.5. The van der Waals surface area contributed by atoms with Crippen LogP contribution < -0.4 is 10.6 Å². The van der Waals surface area contributed by atoms with Gasteiger partial charge in [0.05, 0.1) is 12.1 Å². The van der Waals surface area contributed by atoms with Crippen molar-refractivity contribution in [3.8, 4) is 0 Å². The summed E-state index contributed by atoms with van der Waals surface area (Å²) in [6.07, 6.45) is 1.59. The number of amides is 2. The van der Waals surface area contributed by atoms with Crippen LogP contribution in [0.2, 0.25) is 5.02 Å². The van der Waals surface area contributed by atoms with E-state index in [1.165, 1.54) is 11.8 Å². The number of carbonyl (C=O) groups is 3. The van der Waals surface area contributed by atoms with Crippen LogP contribution >= 0.6 is 11.6 Å². The van der Waals surface area contributed by atoms with E-state index in [9.17, 15) is 19.5 Å². The molecule has 3 N–H and O–H groups in total. The molecule has 0 unspecified atom stereocenters. The number of carbonyl (C=O) groups excluding carboxylic acids is 2. The monoisotopic (exact) mass is 507 g/mol. The molecule has 0 aliphatic heterocycles. The Kier molecular flexibility index (Phi) is 10.5. The third-order valence-electron chi connectivity index (χ3n) is 6.48. The SMILES string of the molecule is CN[C@@H](C(=O)N[C@H](C(=O)N(C)[C@H](/C=C(\C)C(=O)O)C(C)C)C(C)(C)C)C(C)(C)c1cccc(Cl)c1. The number of likely N-dealkylation sites (N-methyl/N-ethyl adjacent to an activating group) is 2. The highest BCUT2D eigenvalue weighted by molar-refractivity contribution is 6.30. The van der Waals surface area contributed by atoms with E-state index in [1.54, 1.807) is 26.2 Å². The standard InChI is InChI=1S/C27H42ClN3O4/c1-16(2)20(14-17(3)25(34)35)31(10)24(33)22(26(4,5)6)30-23(32)21(29-9)27(7,8)18-12-11-13-19(28)15-18/h11-16,20-22,29H,1-10H3,(H,30,32)(H,34,35)/b17-14+/t20-,21+,22-/m1/s1. The van der Waals surface area contributed by atoms with E-state index >= 15 is 0 Å². The van der Waals surface area contributed by atoms with Gasteiger partial charge in [-0.25, -0.2) is 4.79 Å². The van der Waals surface area contributed by atoms with E-state index in [2.05, 4.69) is 10.6 Å². The molecule has 0 aromatic heterocycles. The molecular formula is C27H42ClN3O4. The van der Waals surface area contributed by atoms with Gasteiger partial charge < -0.3 is 20.6 Å². The largest absolute Gasteiger partial charge is 0.478 e. The quantitative estimate of drug-likeness (QED) is 0.411. The van der Waals surface area contributed by atoms with Crippen molar-refractivity contribution in [3.63, 3.8) is 0 Å². The summed E-state index contributed by atoms with van der Waals surface area (Å²) in [5.74, 6) is -1.65. The zero-order chi connectivity index (χ0) is 27.3. The maximum Gasteiger partial charge on any atom is 0.331 e. The van der Waals surface area contributed by atoms with Gasteiger partial charge in [-0.2, -0.15) is 0 Å². The number of nitrogens with one attached hydrogen (secondary N) is 2. The first kappa shape index (κ1) is 30.7. The lowest BCUT2D eigenvalue weighted by Crippen LogP contribution is -2.61. The number of hydrogen-bond donors (Lipinski definition) is 3. The summed E-state index contributed by atoms with van der Waals surface area (Å²) < 4.78 is 0. The zero-order valence-corrected chi connectivity index (χ0v) is 23.4. The minimum atomic E-state index is -1.03. The third kappa shape index (κ3) is 7.80. The Bertz CT molecular complexity index is 950. The molecule has 0 bridgehead atoms. The summed E-state index contributed by atoms with van der Waals surface area (Å²) in [7, 11) is 3.36. The van der Waals surface area contributed by atoms with Gasteiger partial charge >= 0.3 is 5.97 Å². The number of halogens is 1. The van der Waals surface area contributed by atoms with E-state index in [4.69, 9.17) is 11.6 Å². The smallest absolute Gasteiger partial charge is 0.331 e. The van der Waals surface area contributed by atoms with Crippen LogP contribution in [0.3, 0.4) is 0 Å². The van der Waals surface area contributed by atoms with Crippen LogP contribution in [0.4, 0.5) is 0 Å². The minimum absolute atomic E-state index is 0.0265. The lowest BCUT2D eigenvalue weighted by atomic mass is 9.76. The summed E-state index contributed by atoms with van der Waals surface area (Å²) in [6.45, 7) is 14.9. The fourth-order valence-corrected chi connectivity index (χ4v) is 4.37. The van der Waals surface area contributed by atoms with Crippen molar-refractivity contribution in [1.82, 2.24) is 15.5 Å². The number of carboxylic acid groups (broad SMARTS) is 1. The van der Waals surface area contributed by atoms with Crippen molar-refractivity contribution in [2.45, 2.75) is 78.9 Å². The molecule has 1 aromatic carbocycles. The first-order valence-corrected chi connectivity index (χ1v) is 12.2. The Labute approximate surface area is 215 Å². The van der Waals surface area contributed by atoms with Crippen molar-refractivity contribution in [1.29, 1.82) is 0 Å². The average Bonchev–Trinajstić information content (AvgIpc) is 2.73. The Morgan fingerprint density at radius 2 is 1.66 bits per heavy atom. The molecule has 8 heteroatoms. The summed E-state index contributed by atoms with van der Waals surface area (Å²) >= 11 is 6.20. The zero-order valence-electron chi connectivity index (χ0n) is 22.7. The molecule has 0 spiro atoms. The van der Waals surface area contributed by atoms with Gasteiger partial charge in [-0.05, 0) is 43.0 Å². The predicted octanol–water partition coefficient (Wildman–Crippen LogP) is 4.25. The van der Waals surface area contributed by atoms with E-state index in [0.29, 0.717) is 5.02 Å². The molecule has 0 saturated heterocycles. The van der Waals surface area contributed by atoms with Gasteiger partial charge in [0.2, 0.25) is 11.8 Å². The predicted molar refractivity (Wildman–Crippen MR) is 142 cm³/mol. The highest BCUT2D eigenvalue weighted by Crippen LogP contribution is 2.30. The molecule has 1 aromatic rings. The van der Waals surface area contributed by atoms with Crippen molar-refractivity contribution < 1.29 is 19.5 Å². The maximum atomic E-state index is 13.7. The van der Waals surface area contributed by atoms with Crippen LogP contribution in [-0.4, -0.2) is 60.0 Å². The fraction of sp³-hybridized carbons (Fsp3) is 0.593. The first-order chi connectivity index (χ1) is 15.9. The van der Waals surface area contributed by atoms with E-state index < -0.39 is 34.9 Å². The molecule has 3 atom stereocenters. The number of rotatable bonds is 10. The van der Waals surface area contributed by atoms with E-state index in [1.807, 2.05) is 66.7 Å². The number of carboxylic acids is 1. The van der Waals surface area contributed by atoms with Gasteiger partial charge in [0.1, 0.15) is 6.04 Å². The average molecular weight is 508 g/mol. The summed E-state index contributed by atoms with van der Waals surface area (Å²) in [4.78, 5) is 40.2. The normalized spacial score (nSPS) is 15.4. The Balaban J connectivity index is 3.32. The molecular weight excluding hydrogens is 466 g/mol. The van der Waals surface area contributed by atoms with Crippen molar-refractivity contribution in [3.05, 3.63) is 46.5 Å². The third-order valence-corrected chi connectivity index (χ3v) is 6.71. The van der Waals surface area contributed by atoms with Gasteiger partial charge in [0.25, 0.3) is 0 Å². The number of benzene rings is 1. The summed E-state index contributed by atoms with van der Waals surface area (Å²) in [5.41, 5.74) is -0.155. The molecule has 1 rings (SSSR count). The number of nitrogens with zero attached hydrogens (tertiary/aromatic N) is 1. The molecule has 0 radical (unpaired) electrons. The highest BCUT2D eigenvalue weighted by Gasteiger charge is 2.41. The molecule has 0 aliphatic rings. The molecule has 35 heavy (non-hydrogen) atoms. The molecule has 7 nitrogen and oxygen atoms in total. The minimum Gasteiger partial charge on any atom is -0.478 e. The molecule has 196 valence electrons. The van der Waals surface area contributed by atoms with Gasteiger partial charge in [-0.1, -0.05) is 78.3 Å². The van der Waals surface area contributed by atoms with Crippen LogP contribution in [0, 0.1) is 11.3 Å². The second kappa shape index (κ2) is 12.0. The summed E-state index contributed by atoms with van der Waals surface area (Å²) in [6, 6.07) is 5.48. The van der Waals surface area contributed by atoms with Crippen LogP contribution in [0.25, 0.3) is 0 Å². The van der Waals surface area contributed by atoms with Gasteiger partial charge in [-0.15, -0.1) is 0 Å². The Morgan fingerprint density at radius 1 is 1.09 bits per heavy atom. The van der Waals surface area contributed by atoms with Crippen LogP contribution in [0.5, 0.6) is 0 Å². The molecule has 2 amide bonds. The lowest BCUT2D eigenvalue weighted by molar-refractivity contribution is -0.141. The van der Waals surface area contributed by atoms with Crippen LogP contribution in [0.15, 0.2) is 35.9 Å². The fourth-order valence-electron chi connectivity index (χ4n) is 4.18. The first-order valence-electron chi connectivity index (χ1n) is 11.9. The molecule has 0 saturated carbocycles. The lowest BCUT2D eigenvalue weighted by Gasteiger charge is -2.40. The van der Waals surface area contributed by atoms with E-state index in [-0.39, 0.29) is 23.3 Å². The Morgan fingerprint density at radius 3 is 2.09 bits per heavy atom. The molecule has 0 fully saturated rings. The maximum absolute atomic E-state index is 13.7.